The molecule has 7 heteroatoms. The summed E-state index contributed by atoms with van der Waals surface area (Å²) < 4.78 is 23.5. The third-order valence-corrected chi connectivity index (χ3v) is 4.48. The highest BCUT2D eigenvalue weighted by atomic mass is 31.2. The molecular formula is C13H20NO5P. The van der Waals surface area contributed by atoms with Gasteiger partial charge < -0.3 is 9.05 Å². The lowest BCUT2D eigenvalue weighted by atomic mass is 10.2. The Morgan fingerprint density at radius 2 is 1.75 bits per heavy atom. The van der Waals surface area contributed by atoms with E-state index in [4.69, 9.17) is 9.05 Å². The van der Waals surface area contributed by atoms with Gasteiger partial charge in [0.1, 0.15) is 0 Å². The number of non-ortho nitro benzene ring substituents is 1. The summed E-state index contributed by atoms with van der Waals surface area (Å²) in [5, 5.41) is 10.7. The summed E-state index contributed by atoms with van der Waals surface area (Å²) in [6.45, 7) is 7.07. The molecule has 0 amide bonds. The number of nitrogens with zero attached hydrogens (tertiary/aromatic N) is 1. The van der Waals surface area contributed by atoms with Gasteiger partial charge in [0.05, 0.1) is 23.3 Å². The fourth-order valence-corrected chi connectivity index (χ4v) is 3.86. The van der Waals surface area contributed by atoms with Gasteiger partial charge in [-0.05, 0) is 33.3 Å². The highest BCUT2D eigenvalue weighted by Crippen LogP contribution is 2.53. The quantitative estimate of drug-likeness (QED) is 0.429. The van der Waals surface area contributed by atoms with E-state index in [2.05, 4.69) is 0 Å². The Balaban J connectivity index is 2.97. The first-order valence-corrected chi connectivity index (χ1v) is 8.14. The summed E-state index contributed by atoms with van der Waals surface area (Å²) in [5.74, 6) is 0. The Kier molecular flexibility index (Phi) is 5.87. The van der Waals surface area contributed by atoms with Crippen molar-refractivity contribution in [2.45, 2.75) is 46.1 Å². The lowest BCUT2D eigenvalue weighted by Crippen LogP contribution is -2.09. The molecule has 0 aliphatic rings. The molecule has 0 heterocycles. The van der Waals surface area contributed by atoms with Crippen molar-refractivity contribution in [3.8, 4) is 0 Å². The standard InChI is InChI=1S/C13H20NO5P/c1-10(2)18-20(17,19-11(3)4)9-12-6-5-7-13(8-12)14(15)16/h5-8,10-11H,9H2,1-4H3. The predicted molar refractivity (Wildman–Crippen MR) is 76.8 cm³/mol. The molecule has 20 heavy (non-hydrogen) atoms. The zero-order valence-electron chi connectivity index (χ0n) is 12.1. The van der Waals surface area contributed by atoms with E-state index in [1.165, 1.54) is 12.1 Å². The number of rotatable bonds is 7. The predicted octanol–water partition coefficient (Wildman–Crippen LogP) is 4.14. The Hall–Kier alpha value is -1.23. The summed E-state index contributed by atoms with van der Waals surface area (Å²) in [5.41, 5.74) is 0.520. The van der Waals surface area contributed by atoms with Crippen molar-refractivity contribution in [2.75, 3.05) is 0 Å². The zero-order valence-corrected chi connectivity index (χ0v) is 13.0. The summed E-state index contributed by atoms with van der Waals surface area (Å²) in [6, 6.07) is 6.01. The van der Waals surface area contributed by atoms with Gasteiger partial charge in [-0.1, -0.05) is 12.1 Å². The first kappa shape index (κ1) is 16.8. The summed E-state index contributed by atoms with van der Waals surface area (Å²) in [7, 11) is -3.33. The van der Waals surface area contributed by atoms with Crippen LogP contribution in [0.25, 0.3) is 0 Å². The second-order valence-corrected chi connectivity index (χ2v) is 6.96. The molecule has 1 aromatic carbocycles. The van der Waals surface area contributed by atoms with E-state index in [1.54, 1.807) is 39.8 Å². The minimum atomic E-state index is -3.33. The van der Waals surface area contributed by atoms with E-state index >= 15 is 0 Å². The van der Waals surface area contributed by atoms with E-state index in [1.807, 2.05) is 0 Å². The lowest BCUT2D eigenvalue weighted by Gasteiger charge is -2.22. The molecule has 1 rings (SSSR count). The van der Waals surface area contributed by atoms with Crippen LogP contribution in [0.1, 0.15) is 33.3 Å². The minimum Gasteiger partial charge on any atom is -0.306 e. The molecule has 0 saturated carbocycles. The smallest absolute Gasteiger partial charge is 0.306 e. The first-order valence-electron chi connectivity index (χ1n) is 6.41. The molecule has 0 N–H and O–H groups in total. The van der Waals surface area contributed by atoms with E-state index < -0.39 is 12.5 Å². The second-order valence-electron chi connectivity index (χ2n) is 5.00. The van der Waals surface area contributed by atoms with Crippen LogP contribution in [-0.2, 0) is 19.8 Å². The second kappa shape index (κ2) is 6.97. The number of nitro groups is 1. The van der Waals surface area contributed by atoms with Crippen molar-refractivity contribution in [3.63, 3.8) is 0 Å². The van der Waals surface area contributed by atoms with Crippen LogP contribution in [0.3, 0.4) is 0 Å². The normalized spacial score (nSPS) is 12.1. The molecule has 1 aromatic rings. The number of benzene rings is 1. The average molecular weight is 301 g/mol. The molecule has 0 radical (unpaired) electrons. The molecule has 6 nitrogen and oxygen atoms in total. The van der Waals surface area contributed by atoms with Gasteiger partial charge in [-0.25, -0.2) is 0 Å². The fourth-order valence-electron chi connectivity index (χ4n) is 1.73. The Bertz CT molecular complexity index is 501. The van der Waals surface area contributed by atoms with Crippen LogP contribution >= 0.6 is 7.60 Å². The van der Waals surface area contributed by atoms with E-state index in [9.17, 15) is 14.7 Å². The van der Waals surface area contributed by atoms with Gasteiger partial charge in [0.2, 0.25) is 0 Å². The highest BCUT2D eigenvalue weighted by Gasteiger charge is 2.28. The number of nitro benzene ring substituents is 1. The number of hydrogen-bond donors (Lipinski definition) is 0. The maximum atomic E-state index is 12.7. The van der Waals surface area contributed by atoms with Crippen LogP contribution in [0.4, 0.5) is 5.69 Å². The van der Waals surface area contributed by atoms with Crippen molar-refractivity contribution in [3.05, 3.63) is 39.9 Å². The molecule has 0 aliphatic heterocycles. The molecule has 0 unspecified atom stereocenters. The van der Waals surface area contributed by atoms with Crippen LogP contribution in [0.5, 0.6) is 0 Å². The molecule has 0 saturated heterocycles. The van der Waals surface area contributed by atoms with Gasteiger partial charge in [0.15, 0.2) is 0 Å². The number of hydrogen-bond acceptors (Lipinski definition) is 5. The largest absolute Gasteiger partial charge is 0.335 e. The fraction of sp³-hybridized carbons (Fsp3) is 0.538. The summed E-state index contributed by atoms with van der Waals surface area (Å²) in [6.07, 6.45) is -0.484. The summed E-state index contributed by atoms with van der Waals surface area (Å²) >= 11 is 0. The maximum absolute atomic E-state index is 12.7. The monoisotopic (exact) mass is 301 g/mol. The van der Waals surface area contributed by atoms with Gasteiger partial charge in [-0.15, -0.1) is 0 Å². The highest BCUT2D eigenvalue weighted by molar-refractivity contribution is 7.53. The van der Waals surface area contributed by atoms with Gasteiger partial charge >= 0.3 is 7.60 Å². The maximum Gasteiger partial charge on any atom is 0.335 e. The molecule has 0 aromatic heterocycles. The molecule has 0 atom stereocenters. The lowest BCUT2D eigenvalue weighted by molar-refractivity contribution is -0.384. The molecule has 0 aliphatic carbocycles. The van der Waals surface area contributed by atoms with E-state index in [0.717, 1.165) is 0 Å². The first-order chi connectivity index (χ1) is 9.22. The van der Waals surface area contributed by atoms with Gasteiger partial charge in [0.25, 0.3) is 5.69 Å². The SMILES string of the molecule is CC(C)OP(=O)(Cc1cccc([N+](=O)[O-])c1)OC(C)C. The molecule has 0 bridgehead atoms. The van der Waals surface area contributed by atoms with Crippen LogP contribution in [0.15, 0.2) is 24.3 Å². The van der Waals surface area contributed by atoms with Crippen molar-refractivity contribution >= 4 is 13.3 Å². The Labute approximate surface area is 118 Å². The Morgan fingerprint density at radius 1 is 1.20 bits per heavy atom. The van der Waals surface area contributed by atoms with E-state index in [-0.39, 0.29) is 24.1 Å². The van der Waals surface area contributed by atoms with Crippen LogP contribution in [0, 0.1) is 10.1 Å². The van der Waals surface area contributed by atoms with E-state index in [0.29, 0.717) is 5.56 Å². The molecular weight excluding hydrogens is 281 g/mol. The van der Waals surface area contributed by atoms with Crippen molar-refractivity contribution < 1.29 is 18.5 Å². The van der Waals surface area contributed by atoms with Crippen molar-refractivity contribution in [2.24, 2.45) is 0 Å². The summed E-state index contributed by atoms with van der Waals surface area (Å²) in [4.78, 5) is 10.3. The van der Waals surface area contributed by atoms with Gasteiger partial charge in [0, 0.05) is 12.1 Å². The third-order valence-electron chi connectivity index (χ3n) is 2.24. The van der Waals surface area contributed by atoms with Gasteiger partial charge in [-0.3, -0.25) is 14.7 Å². The van der Waals surface area contributed by atoms with Crippen LogP contribution < -0.4 is 0 Å². The molecule has 112 valence electrons. The third kappa shape index (κ3) is 5.41. The van der Waals surface area contributed by atoms with Crippen LogP contribution in [-0.4, -0.2) is 17.1 Å². The molecule has 0 spiro atoms. The van der Waals surface area contributed by atoms with Crippen molar-refractivity contribution in [1.29, 1.82) is 0 Å². The zero-order chi connectivity index (χ0) is 15.3. The van der Waals surface area contributed by atoms with Crippen molar-refractivity contribution in [1.82, 2.24) is 0 Å². The topological polar surface area (TPSA) is 78.7 Å². The van der Waals surface area contributed by atoms with Gasteiger partial charge in [-0.2, -0.15) is 0 Å². The minimum absolute atomic E-state index is 0.0189. The Morgan fingerprint density at radius 3 is 2.20 bits per heavy atom. The van der Waals surface area contributed by atoms with Crippen LogP contribution in [0.2, 0.25) is 0 Å². The average Bonchev–Trinajstić information content (AvgIpc) is 2.25. The molecule has 0 fully saturated rings.